The molecule has 354 valence electrons. The van der Waals surface area contributed by atoms with Crippen molar-refractivity contribution in [1.82, 2.24) is 10.2 Å². The number of unbranched alkanes of at least 4 members (excludes halogenated alkanes) is 2. The maximum atomic E-state index is 12.6. The predicted molar refractivity (Wildman–Crippen MR) is 242 cm³/mol. The van der Waals surface area contributed by atoms with E-state index in [1.54, 1.807) is 41.3 Å². The second-order valence-corrected chi connectivity index (χ2v) is 22.7. The fourth-order valence-corrected chi connectivity index (χ4v) is 10.6. The SMILES string of the molecule is CC1(CCCCCC(=O)NCCN2C(=O)C=CC2=O)C(/C=C/C=C/C=C2\N(CCCS(=O)(=O)O)c3ccc(S(=O)(=O)O)cc3C2(C)C)=C(CCCS(=O)(=O)O)c2ccc(S(=O)(=O)O)cc21. The largest absolute Gasteiger partial charge is 0.354 e. The normalized spacial score (nSPS) is 19.4. The lowest BCUT2D eigenvalue weighted by atomic mass is 9.74. The lowest BCUT2D eigenvalue weighted by Crippen LogP contribution is -2.38. The zero-order valence-corrected chi connectivity index (χ0v) is 39.3. The molecular weight excluding hydrogens is 927 g/mol. The number of fused-ring (bicyclic) bond motifs is 2. The van der Waals surface area contributed by atoms with Crippen molar-refractivity contribution in [2.45, 2.75) is 92.8 Å². The van der Waals surface area contributed by atoms with Gasteiger partial charge in [0.1, 0.15) is 0 Å². The zero-order valence-electron chi connectivity index (χ0n) is 36.0. The smallest absolute Gasteiger partial charge is 0.294 e. The lowest BCUT2D eigenvalue weighted by Gasteiger charge is -2.29. The first-order valence-electron chi connectivity index (χ1n) is 20.7. The fraction of sp³-hybridized carbons (Fsp3) is 0.419. The highest BCUT2D eigenvalue weighted by Crippen LogP contribution is 2.52. The molecule has 22 heteroatoms. The molecule has 1 atom stereocenters. The molecule has 2 aromatic rings. The number of amides is 3. The van der Waals surface area contributed by atoms with Crippen LogP contribution in [0.2, 0.25) is 0 Å². The van der Waals surface area contributed by atoms with Crippen molar-refractivity contribution >= 4 is 69.5 Å². The predicted octanol–water partition coefficient (Wildman–Crippen LogP) is 4.94. The van der Waals surface area contributed by atoms with Gasteiger partial charge in [0.15, 0.2) is 0 Å². The molecule has 1 unspecified atom stereocenters. The van der Waals surface area contributed by atoms with Crippen molar-refractivity contribution in [2.75, 3.05) is 36.0 Å². The van der Waals surface area contributed by atoms with Crippen molar-refractivity contribution in [3.8, 4) is 0 Å². The number of anilines is 1. The van der Waals surface area contributed by atoms with Crippen LogP contribution < -0.4 is 10.2 Å². The number of benzene rings is 2. The Morgan fingerprint density at radius 3 is 1.91 bits per heavy atom. The van der Waals surface area contributed by atoms with Crippen LogP contribution in [0.1, 0.15) is 88.8 Å². The van der Waals surface area contributed by atoms with Crippen LogP contribution in [0.25, 0.3) is 5.57 Å². The molecule has 1 aliphatic carbocycles. The van der Waals surface area contributed by atoms with Gasteiger partial charge < -0.3 is 10.2 Å². The molecule has 0 aromatic heterocycles. The van der Waals surface area contributed by atoms with E-state index in [9.17, 15) is 66.3 Å². The van der Waals surface area contributed by atoms with Crippen LogP contribution in [0, 0.1) is 0 Å². The highest BCUT2D eigenvalue weighted by Gasteiger charge is 2.42. The number of carbonyl (C=O) groups is 3. The number of hydrogen-bond donors (Lipinski definition) is 5. The number of hydrogen-bond acceptors (Lipinski definition) is 12. The van der Waals surface area contributed by atoms with E-state index >= 15 is 0 Å². The van der Waals surface area contributed by atoms with E-state index in [0.717, 1.165) is 17.1 Å². The van der Waals surface area contributed by atoms with Gasteiger partial charge in [-0.2, -0.15) is 33.7 Å². The second-order valence-electron chi connectivity index (χ2n) is 16.7. The average molecular weight is 980 g/mol. The Labute approximate surface area is 379 Å². The van der Waals surface area contributed by atoms with Crippen LogP contribution in [0.3, 0.4) is 0 Å². The quantitative estimate of drug-likeness (QED) is 0.0452. The third-order valence-electron chi connectivity index (χ3n) is 11.8. The van der Waals surface area contributed by atoms with E-state index in [-0.39, 0.29) is 61.0 Å². The molecule has 18 nitrogen and oxygen atoms in total. The maximum absolute atomic E-state index is 12.6. The van der Waals surface area contributed by atoms with Crippen molar-refractivity contribution in [3.05, 3.63) is 107 Å². The third kappa shape index (κ3) is 12.8. The maximum Gasteiger partial charge on any atom is 0.294 e. The summed E-state index contributed by atoms with van der Waals surface area (Å²) in [6, 6.07) is 8.29. The van der Waals surface area contributed by atoms with Gasteiger partial charge in [0.25, 0.3) is 52.3 Å². The Bertz CT molecular complexity index is 2830. The number of allylic oxidation sites excluding steroid dienone is 8. The van der Waals surface area contributed by atoms with Gasteiger partial charge in [0.05, 0.1) is 21.3 Å². The van der Waals surface area contributed by atoms with Crippen LogP contribution in [-0.2, 0) is 65.7 Å². The van der Waals surface area contributed by atoms with Crippen molar-refractivity contribution < 1.29 is 66.3 Å². The molecule has 0 spiro atoms. The van der Waals surface area contributed by atoms with Gasteiger partial charge in [0, 0.05) is 60.4 Å². The van der Waals surface area contributed by atoms with Gasteiger partial charge in [-0.05, 0) is 96.3 Å². The van der Waals surface area contributed by atoms with Gasteiger partial charge in [-0.3, -0.25) is 37.5 Å². The molecular formula is C43H53N3O15S4. The lowest BCUT2D eigenvalue weighted by molar-refractivity contribution is -0.137. The Kier molecular flexibility index (Phi) is 15.7. The van der Waals surface area contributed by atoms with Crippen molar-refractivity contribution in [3.63, 3.8) is 0 Å². The zero-order chi connectivity index (χ0) is 48.2. The minimum Gasteiger partial charge on any atom is -0.354 e. The molecule has 5 rings (SSSR count). The number of carbonyl (C=O) groups excluding carboxylic acids is 3. The highest BCUT2D eigenvalue weighted by atomic mass is 32.2. The number of nitrogens with one attached hydrogen (secondary N) is 1. The Morgan fingerprint density at radius 2 is 1.29 bits per heavy atom. The first-order chi connectivity index (χ1) is 30.1. The number of imide groups is 1. The highest BCUT2D eigenvalue weighted by molar-refractivity contribution is 7.86. The summed E-state index contributed by atoms with van der Waals surface area (Å²) in [4.78, 5) is 38.3. The van der Waals surface area contributed by atoms with E-state index in [4.69, 9.17) is 0 Å². The molecule has 2 heterocycles. The van der Waals surface area contributed by atoms with Crippen LogP contribution in [0.5, 0.6) is 0 Å². The van der Waals surface area contributed by atoms with Crippen LogP contribution in [0.15, 0.2) is 100.0 Å². The molecule has 0 saturated heterocycles. The third-order valence-corrected chi connectivity index (χ3v) is 15.1. The monoisotopic (exact) mass is 979 g/mol. The molecule has 5 N–H and O–H groups in total. The summed E-state index contributed by atoms with van der Waals surface area (Å²) in [6.45, 7) is 5.81. The summed E-state index contributed by atoms with van der Waals surface area (Å²) in [5.41, 5.74) is 2.59. The van der Waals surface area contributed by atoms with Gasteiger partial charge in [-0.15, -0.1) is 0 Å². The van der Waals surface area contributed by atoms with E-state index in [1.165, 1.54) is 30.3 Å². The summed E-state index contributed by atoms with van der Waals surface area (Å²) in [7, 11) is -17.8. The number of nitrogens with zero attached hydrogens (tertiary/aromatic N) is 2. The van der Waals surface area contributed by atoms with Crippen LogP contribution in [-0.4, -0.2) is 106 Å². The summed E-state index contributed by atoms with van der Waals surface area (Å²) in [6.07, 6.45) is 13.4. The molecule has 0 radical (unpaired) electrons. The Morgan fingerprint density at radius 1 is 0.692 bits per heavy atom. The number of rotatable bonds is 22. The van der Waals surface area contributed by atoms with Gasteiger partial charge >= 0.3 is 0 Å². The summed E-state index contributed by atoms with van der Waals surface area (Å²) >= 11 is 0. The molecule has 0 saturated carbocycles. The van der Waals surface area contributed by atoms with Crippen LogP contribution >= 0.6 is 0 Å². The van der Waals surface area contributed by atoms with E-state index < -0.39 is 74.6 Å². The molecule has 0 fully saturated rings. The molecule has 0 bridgehead atoms. The van der Waals surface area contributed by atoms with E-state index in [2.05, 4.69) is 5.32 Å². The molecule has 3 aliphatic rings. The minimum absolute atomic E-state index is 0.0249. The minimum atomic E-state index is -4.64. The van der Waals surface area contributed by atoms with Gasteiger partial charge in [0.2, 0.25) is 5.91 Å². The second kappa shape index (κ2) is 20.0. The van der Waals surface area contributed by atoms with Gasteiger partial charge in [-0.1, -0.05) is 64.0 Å². The van der Waals surface area contributed by atoms with Crippen molar-refractivity contribution in [1.29, 1.82) is 0 Å². The standard InChI is InChI=1S/C43H53N3O15S4/c1-42(2)36-29-31(65(59,60)61)17-19-37(36)45(24-11-27-63(53,54)55)38(42)14-7-4-6-13-34-32(12-10-26-62(50,51)52)33-18-16-30(64(56,57)58)28-35(33)43(34,3)22-9-5-8-15-39(47)44-23-25-46-40(48)20-21-41(46)49/h4,6-7,13-14,16-21,28-29H,5,8-12,15,22-27H2,1-3H3,(H,44,47)(H,50,51,52)(H,53,54,55)(H,56,57,58)(H,59,60,61)/b7-4+,13-6+,38-14-. The average Bonchev–Trinajstić information content (AvgIpc) is 3.71. The summed E-state index contributed by atoms with van der Waals surface area (Å²) < 4.78 is 134. The topological polar surface area (TPSA) is 287 Å². The first-order valence-corrected chi connectivity index (χ1v) is 26.7. The van der Waals surface area contributed by atoms with Crippen molar-refractivity contribution in [2.24, 2.45) is 0 Å². The summed E-state index contributed by atoms with van der Waals surface area (Å²) in [5.74, 6) is -2.23. The molecule has 2 aliphatic heterocycles. The van der Waals surface area contributed by atoms with E-state index in [0.29, 0.717) is 64.9 Å². The summed E-state index contributed by atoms with van der Waals surface area (Å²) in [5, 5.41) is 2.71. The van der Waals surface area contributed by atoms with E-state index in [1.807, 2.05) is 20.8 Å². The Balaban J connectivity index is 1.43. The fourth-order valence-electron chi connectivity index (χ4n) is 8.59. The van der Waals surface area contributed by atoms with Gasteiger partial charge in [-0.25, -0.2) is 0 Å². The Hall–Kier alpha value is -4.81. The molecule has 65 heavy (non-hydrogen) atoms. The first kappa shape index (κ1) is 51.2. The van der Waals surface area contributed by atoms with Crippen LogP contribution in [0.4, 0.5) is 5.69 Å². The molecule has 3 amide bonds. The molecule has 2 aromatic carbocycles.